The third-order valence-electron chi connectivity index (χ3n) is 1.73. The molecule has 0 aromatic carbocycles. The van der Waals surface area contributed by atoms with Crippen molar-refractivity contribution in [3.63, 3.8) is 0 Å². The molecule has 2 aromatic heterocycles. The van der Waals surface area contributed by atoms with Crippen LogP contribution in [0.1, 0.15) is 5.82 Å². The van der Waals surface area contributed by atoms with Crippen LogP contribution in [0.3, 0.4) is 0 Å². The van der Waals surface area contributed by atoms with Crippen LogP contribution in [-0.4, -0.2) is 29.3 Å². The largest absolute Gasteiger partial charge is 0.229 e. The van der Waals surface area contributed by atoms with Gasteiger partial charge in [0, 0.05) is 23.5 Å². The van der Waals surface area contributed by atoms with Gasteiger partial charge in [0.15, 0.2) is 21.3 Å². The molecular weight excluding hydrogens is 238 g/mol. The van der Waals surface area contributed by atoms with Gasteiger partial charge in [-0.3, -0.25) is 0 Å². The summed E-state index contributed by atoms with van der Waals surface area (Å²) in [4.78, 5) is 4.05. The number of sulfone groups is 1. The van der Waals surface area contributed by atoms with E-state index >= 15 is 0 Å². The van der Waals surface area contributed by atoms with E-state index in [1.54, 1.807) is 18.3 Å². The van der Waals surface area contributed by atoms with Gasteiger partial charge in [0.25, 0.3) is 0 Å². The van der Waals surface area contributed by atoms with Gasteiger partial charge in [-0.25, -0.2) is 17.9 Å². The molecule has 80 valence electrons. The molecule has 0 bridgehead atoms. The fourth-order valence-corrected chi connectivity index (χ4v) is 1.94. The van der Waals surface area contributed by atoms with Crippen LogP contribution in [0.4, 0.5) is 0 Å². The zero-order valence-electron chi connectivity index (χ0n) is 7.88. The molecule has 0 fully saturated rings. The number of halogens is 1. The summed E-state index contributed by atoms with van der Waals surface area (Å²) in [6.45, 7) is 0. The van der Waals surface area contributed by atoms with Crippen molar-refractivity contribution in [3.05, 3.63) is 29.2 Å². The molecule has 15 heavy (non-hydrogen) atoms. The van der Waals surface area contributed by atoms with Crippen molar-refractivity contribution in [2.75, 3.05) is 6.26 Å². The third-order valence-corrected chi connectivity index (χ3v) is 2.75. The maximum atomic E-state index is 11.0. The Balaban J connectivity index is 2.48. The number of nitrogens with zero attached hydrogens (tertiary/aromatic N) is 3. The van der Waals surface area contributed by atoms with Crippen molar-refractivity contribution in [2.24, 2.45) is 0 Å². The number of rotatable bonds is 2. The van der Waals surface area contributed by atoms with Crippen molar-refractivity contribution in [2.45, 2.75) is 5.75 Å². The minimum absolute atomic E-state index is 0.160. The van der Waals surface area contributed by atoms with Crippen LogP contribution < -0.4 is 0 Å². The van der Waals surface area contributed by atoms with E-state index in [0.717, 1.165) is 6.26 Å². The molecule has 0 aliphatic rings. The number of hydrogen-bond donors (Lipinski definition) is 0. The molecule has 0 amide bonds. The van der Waals surface area contributed by atoms with Crippen molar-refractivity contribution in [3.8, 4) is 0 Å². The van der Waals surface area contributed by atoms with E-state index in [9.17, 15) is 8.42 Å². The first kappa shape index (κ1) is 10.4. The first-order chi connectivity index (χ1) is 6.94. The number of pyridine rings is 1. The lowest BCUT2D eigenvalue weighted by Gasteiger charge is -1.89. The summed E-state index contributed by atoms with van der Waals surface area (Å²) >= 11 is 5.76. The topological polar surface area (TPSA) is 64.3 Å². The first-order valence-electron chi connectivity index (χ1n) is 4.12. The molecule has 2 heterocycles. The van der Waals surface area contributed by atoms with Crippen molar-refractivity contribution in [1.29, 1.82) is 0 Å². The van der Waals surface area contributed by atoms with Crippen LogP contribution in [-0.2, 0) is 15.6 Å². The second-order valence-electron chi connectivity index (χ2n) is 3.25. The molecule has 0 N–H and O–H groups in total. The Morgan fingerprint density at radius 1 is 1.53 bits per heavy atom. The van der Waals surface area contributed by atoms with Gasteiger partial charge >= 0.3 is 0 Å². The Morgan fingerprint density at radius 2 is 2.27 bits per heavy atom. The fourth-order valence-electron chi connectivity index (χ4n) is 1.20. The van der Waals surface area contributed by atoms with Crippen LogP contribution in [0.25, 0.3) is 5.65 Å². The summed E-state index contributed by atoms with van der Waals surface area (Å²) in [6, 6.07) is 3.29. The molecule has 0 saturated carbocycles. The fraction of sp³-hybridized carbons (Fsp3) is 0.250. The predicted molar refractivity (Wildman–Crippen MR) is 56.5 cm³/mol. The highest BCUT2D eigenvalue weighted by atomic mass is 35.5. The molecule has 5 nitrogen and oxygen atoms in total. The average Bonchev–Trinajstić information content (AvgIpc) is 2.42. The number of aromatic nitrogens is 3. The molecule has 0 spiro atoms. The summed E-state index contributed by atoms with van der Waals surface area (Å²) in [5, 5.41) is 4.55. The predicted octanol–water partition coefficient (Wildman–Crippen LogP) is 0.927. The number of fused-ring (bicyclic) bond motifs is 1. The Bertz CT molecular complexity index is 605. The zero-order valence-corrected chi connectivity index (χ0v) is 9.46. The van der Waals surface area contributed by atoms with Gasteiger partial charge in [-0.1, -0.05) is 11.6 Å². The second-order valence-corrected chi connectivity index (χ2v) is 5.82. The van der Waals surface area contributed by atoms with Crippen LogP contribution in [0.5, 0.6) is 0 Å². The van der Waals surface area contributed by atoms with E-state index in [1.165, 1.54) is 4.52 Å². The van der Waals surface area contributed by atoms with Crippen molar-refractivity contribution < 1.29 is 8.42 Å². The quantitative estimate of drug-likeness (QED) is 0.790. The van der Waals surface area contributed by atoms with E-state index in [0.29, 0.717) is 10.7 Å². The smallest absolute Gasteiger partial charge is 0.166 e. The molecule has 0 aliphatic heterocycles. The maximum Gasteiger partial charge on any atom is 0.166 e. The molecule has 0 saturated heterocycles. The Hall–Kier alpha value is -1.14. The molecule has 0 radical (unpaired) electrons. The summed E-state index contributed by atoms with van der Waals surface area (Å²) in [6.07, 6.45) is 2.78. The highest BCUT2D eigenvalue weighted by molar-refractivity contribution is 7.89. The van der Waals surface area contributed by atoms with Gasteiger partial charge in [-0.15, -0.1) is 0 Å². The minimum atomic E-state index is -3.11. The van der Waals surface area contributed by atoms with Gasteiger partial charge < -0.3 is 0 Å². The highest BCUT2D eigenvalue weighted by Gasteiger charge is 2.10. The van der Waals surface area contributed by atoms with Crippen LogP contribution in [0, 0.1) is 0 Å². The molecule has 0 aliphatic carbocycles. The van der Waals surface area contributed by atoms with Crippen LogP contribution in [0.15, 0.2) is 18.3 Å². The van der Waals surface area contributed by atoms with Gasteiger partial charge in [0.2, 0.25) is 0 Å². The molecule has 0 unspecified atom stereocenters. The van der Waals surface area contributed by atoms with E-state index in [1.807, 2.05) is 0 Å². The molecular formula is C8H8ClN3O2S. The van der Waals surface area contributed by atoms with Crippen molar-refractivity contribution in [1.82, 2.24) is 14.6 Å². The van der Waals surface area contributed by atoms with Crippen LogP contribution >= 0.6 is 11.6 Å². The lowest BCUT2D eigenvalue weighted by atomic mass is 10.5. The summed E-state index contributed by atoms with van der Waals surface area (Å²) < 4.78 is 23.6. The normalized spacial score (nSPS) is 12.1. The average molecular weight is 246 g/mol. The standard InChI is InChI=1S/C8H8ClN3O2S/c1-15(13,14)5-7-10-8-4-6(9)2-3-12(8)11-7/h2-4H,5H2,1H3. The SMILES string of the molecule is CS(=O)(=O)Cc1nc2cc(Cl)ccn2n1. The minimum Gasteiger partial charge on any atom is -0.229 e. The Kier molecular flexibility index (Phi) is 2.40. The van der Waals surface area contributed by atoms with Crippen molar-refractivity contribution >= 4 is 27.1 Å². The van der Waals surface area contributed by atoms with Gasteiger partial charge in [-0.05, 0) is 6.07 Å². The monoisotopic (exact) mass is 245 g/mol. The van der Waals surface area contributed by atoms with Crippen LogP contribution in [0.2, 0.25) is 5.02 Å². The maximum absolute atomic E-state index is 11.0. The Labute approximate surface area is 91.6 Å². The van der Waals surface area contributed by atoms with Gasteiger partial charge in [0.05, 0.1) is 0 Å². The Morgan fingerprint density at radius 3 is 2.93 bits per heavy atom. The van der Waals surface area contributed by atoms with Gasteiger partial charge in [0.1, 0.15) is 5.75 Å². The van der Waals surface area contributed by atoms with Gasteiger partial charge in [-0.2, -0.15) is 5.10 Å². The number of hydrogen-bond acceptors (Lipinski definition) is 4. The molecule has 7 heteroatoms. The van der Waals surface area contributed by atoms with E-state index in [-0.39, 0.29) is 11.6 Å². The molecule has 0 atom stereocenters. The lowest BCUT2D eigenvalue weighted by molar-refractivity contribution is 0.599. The summed E-state index contributed by atoms with van der Waals surface area (Å²) in [5.74, 6) is 0.117. The van der Waals surface area contributed by atoms with E-state index in [2.05, 4.69) is 10.1 Å². The first-order valence-corrected chi connectivity index (χ1v) is 6.56. The third kappa shape index (κ3) is 2.45. The summed E-state index contributed by atoms with van der Waals surface area (Å²) in [7, 11) is -3.11. The lowest BCUT2D eigenvalue weighted by Crippen LogP contribution is -2.02. The van der Waals surface area contributed by atoms with E-state index in [4.69, 9.17) is 11.6 Å². The van der Waals surface area contributed by atoms with E-state index < -0.39 is 9.84 Å². The summed E-state index contributed by atoms with van der Waals surface area (Å²) in [5.41, 5.74) is 0.543. The zero-order chi connectivity index (χ0) is 11.1. The second kappa shape index (κ2) is 3.46. The molecule has 2 rings (SSSR count). The molecule has 2 aromatic rings. The highest BCUT2D eigenvalue weighted by Crippen LogP contribution is 2.11.